The number of aryl methyl sites for hydroxylation is 2. The standard InChI is InChI=1S/C12H14N2S2/c1-8-6-11(10(7-13)9(2)14-8)16-12-4-3-5-15-12/h3-6H,7,13H2,1-2H3. The molecular formula is C12H14N2S2. The van der Waals surface area contributed by atoms with Crippen molar-refractivity contribution in [2.24, 2.45) is 5.73 Å². The number of pyridine rings is 1. The number of thiophene rings is 1. The molecule has 2 heterocycles. The zero-order valence-electron chi connectivity index (χ0n) is 9.36. The van der Waals surface area contributed by atoms with Gasteiger partial charge in [-0.3, -0.25) is 4.98 Å². The molecule has 0 atom stereocenters. The van der Waals surface area contributed by atoms with Crippen LogP contribution in [0.5, 0.6) is 0 Å². The Bertz CT molecular complexity index is 478. The van der Waals surface area contributed by atoms with E-state index in [2.05, 4.69) is 28.6 Å². The minimum absolute atomic E-state index is 0.548. The van der Waals surface area contributed by atoms with Gasteiger partial charge in [-0.25, -0.2) is 0 Å². The van der Waals surface area contributed by atoms with Crippen LogP contribution < -0.4 is 5.73 Å². The summed E-state index contributed by atoms with van der Waals surface area (Å²) in [4.78, 5) is 5.68. The maximum atomic E-state index is 5.78. The van der Waals surface area contributed by atoms with Crippen molar-refractivity contribution in [3.8, 4) is 0 Å². The first kappa shape index (κ1) is 11.6. The van der Waals surface area contributed by atoms with Gasteiger partial charge in [-0.2, -0.15) is 0 Å². The Morgan fingerprint density at radius 3 is 2.88 bits per heavy atom. The molecule has 16 heavy (non-hydrogen) atoms. The second-order valence-corrected chi connectivity index (χ2v) is 5.85. The van der Waals surface area contributed by atoms with Crippen LogP contribution in [0.15, 0.2) is 32.7 Å². The molecule has 0 saturated heterocycles. The molecule has 0 bridgehead atoms. The molecule has 0 saturated carbocycles. The first-order valence-corrected chi connectivity index (χ1v) is 6.79. The van der Waals surface area contributed by atoms with Gasteiger partial charge >= 0.3 is 0 Å². The van der Waals surface area contributed by atoms with E-state index in [-0.39, 0.29) is 0 Å². The van der Waals surface area contributed by atoms with Crippen molar-refractivity contribution in [2.75, 3.05) is 0 Å². The maximum absolute atomic E-state index is 5.78. The van der Waals surface area contributed by atoms with Gasteiger partial charge in [0.1, 0.15) is 0 Å². The molecule has 0 radical (unpaired) electrons. The number of nitrogens with zero attached hydrogens (tertiary/aromatic N) is 1. The molecule has 2 aromatic rings. The highest BCUT2D eigenvalue weighted by molar-refractivity contribution is 8.01. The van der Waals surface area contributed by atoms with Crippen molar-refractivity contribution in [1.82, 2.24) is 4.98 Å². The lowest BCUT2D eigenvalue weighted by molar-refractivity contribution is 0.945. The second-order valence-electron chi connectivity index (χ2n) is 3.56. The molecule has 84 valence electrons. The largest absolute Gasteiger partial charge is 0.326 e. The summed E-state index contributed by atoms with van der Waals surface area (Å²) in [5.74, 6) is 0. The fourth-order valence-corrected chi connectivity index (χ4v) is 3.61. The Morgan fingerprint density at radius 2 is 2.25 bits per heavy atom. The average molecular weight is 250 g/mol. The summed E-state index contributed by atoms with van der Waals surface area (Å²) >= 11 is 3.52. The Morgan fingerprint density at radius 1 is 1.44 bits per heavy atom. The lowest BCUT2D eigenvalue weighted by Gasteiger charge is -2.10. The highest BCUT2D eigenvalue weighted by atomic mass is 32.2. The molecule has 0 aliphatic heterocycles. The lowest BCUT2D eigenvalue weighted by atomic mass is 10.2. The molecule has 2 rings (SSSR count). The molecule has 4 heteroatoms. The number of nitrogens with two attached hydrogens (primary N) is 1. The van der Waals surface area contributed by atoms with Gasteiger partial charge in [-0.1, -0.05) is 17.8 Å². The van der Waals surface area contributed by atoms with Crippen LogP contribution in [-0.4, -0.2) is 4.98 Å². The van der Waals surface area contributed by atoms with Crippen molar-refractivity contribution in [3.05, 3.63) is 40.5 Å². The van der Waals surface area contributed by atoms with Gasteiger partial charge in [0, 0.05) is 28.4 Å². The van der Waals surface area contributed by atoms with Gasteiger partial charge in [-0.15, -0.1) is 11.3 Å². The van der Waals surface area contributed by atoms with Crippen LogP contribution in [0.4, 0.5) is 0 Å². The van der Waals surface area contributed by atoms with Gasteiger partial charge < -0.3 is 5.73 Å². The van der Waals surface area contributed by atoms with Crippen LogP contribution in [-0.2, 0) is 6.54 Å². The van der Waals surface area contributed by atoms with Crippen LogP contribution in [0.3, 0.4) is 0 Å². The number of hydrogen-bond donors (Lipinski definition) is 1. The van der Waals surface area contributed by atoms with E-state index in [1.165, 1.54) is 9.10 Å². The Hall–Kier alpha value is -0.840. The quantitative estimate of drug-likeness (QED) is 0.907. The number of hydrogen-bond acceptors (Lipinski definition) is 4. The second kappa shape index (κ2) is 4.99. The van der Waals surface area contributed by atoms with Crippen molar-refractivity contribution >= 4 is 23.1 Å². The van der Waals surface area contributed by atoms with E-state index in [1.54, 1.807) is 23.1 Å². The van der Waals surface area contributed by atoms with E-state index in [0.29, 0.717) is 6.54 Å². The summed E-state index contributed by atoms with van der Waals surface area (Å²) in [6, 6.07) is 6.30. The maximum Gasteiger partial charge on any atom is 0.0646 e. The van der Waals surface area contributed by atoms with E-state index in [4.69, 9.17) is 5.73 Å². The number of aromatic nitrogens is 1. The summed E-state index contributed by atoms with van der Waals surface area (Å²) in [6.07, 6.45) is 0. The van der Waals surface area contributed by atoms with Crippen LogP contribution in [0.2, 0.25) is 0 Å². The summed E-state index contributed by atoms with van der Waals surface area (Å²) in [6.45, 7) is 4.59. The molecule has 0 unspecified atom stereocenters. The van der Waals surface area contributed by atoms with E-state index < -0.39 is 0 Å². The van der Waals surface area contributed by atoms with Crippen LogP contribution in [0, 0.1) is 13.8 Å². The zero-order valence-corrected chi connectivity index (χ0v) is 11.0. The predicted molar refractivity (Wildman–Crippen MR) is 70.0 cm³/mol. The smallest absolute Gasteiger partial charge is 0.0646 e. The highest BCUT2D eigenvalue weighted by Crippen LogP contribution is 2.34. The summed E-state index contributed by atoms with van der Waals surface area (Å²) in [5.41, 5.74) is 9.03. The molecule has 0 aliphatic carbocycles. The lowest BCUT2D eigenvalue weighted by Crippen LogP contribution is -2.04. The van der Waals surface area contributed by atoms with Crippen LogP contribution in [0.1, 0.15) is 17.0 Å². The molecule has 0 spiro atoms. The fraction of sp³-hybridized carbons (Fsp3) is 0.250. The van der Waals surface area contributed by atoms with Gasteiger partial charge in [0.2, 0.25) is 0 Å². The third-order valence-corrected chi connectivity index (χ3v) is 4.45. The fourth-order valence-electron chi connectivity index (χ4n) is 1.59. The molecule has 2 aromatic heterocycles. The van der Waals surface area contributed by atoms with Crippen LogP contribution >= 0.6 is 23.1 Å². The number of rotatable bonds is 3. The van der Waals surface area contributed by atoms with E-state index in [9.17, 15) is 0 Å². The molecule has 0 aliphatic rings. The van der Waals surface area contributed by atoms with Gasteiger partial charge in [0.25, 0.3) is 0 Å². The monoisotopic (exact) mass is 250 g/mol. The van der Waals surface area contributed by atoms with Gasteiger partial charge in [0.05, 0.1) is 4.21 Å². The SMILES string of the molecule is Cc1cc(Sc2cccs2)c(CN)c(C)n1. The Balaban J connectivity index is 2.39. The minimum Gasteiger partial charge on any atom is -0.326 e. The molecule has 2 N–H and O–H groups in total. The molecule has 0 fully saturated rings. The normalized spacial score (nSPS) is 10.7. The van der Waals surface area contributed by atoms with Gasteiger partial charge in [-0.05, 0) is 31.4 Å². The highest BCUT2D eigenvalue weighted by Gasteiger charge is 2.08. The van der Waals surface area contributed by atoms with Gasteiger partial charge in [0.15, 0.2) is 0 Å². The van der Waals surface area contributed by atoms with E-state index in [0.717, 1.165) is 17.0 Å². The van der Waals surface area contributed by atoms with E-state index >= 15 is 0 Å². The topological polar surface area (TPSA) is 38.9 Å². The third kappa shape index (κ3) is 2.45. The van der Waals surface area contributed by atoms with Crippen LogP contribution in [0.25, 0.3) is 0 Å². The van der Waals surface area contributed by atoms with Crippen molar-refractivity contribution in [2.45, 2.75) is 29.5 Å². The minimum atomic E-state index is 0.548. The summed E-state index contributed by atoms with van der Waals surface area (Å²) in [5, 5.41) is 2.09. The first-order valence-electron chi connectivity index (χ1n) is 5.09. The van der Waals surface area contributed by atoms with E-state index in [1.807, 2.05) is 13.8 Å². The Labute approximate surface area is 104 Å². The molecular weight excluding hydrogens is 236 g/mol. The zero-order chi connectivity index (χ0) is 11.5. The average Bonchev–Trinajstić information content (AvgIpc) is 2.70. The first-order chi connectivity index (χ1) is 7.70. The molecule has 2 nitrogen and oxygen atoms in total. The van der Waals surface area contributed by atoms with Crippen molar-refractivity contribution in [1.29, 1.82) is 0 Å². The van der Waals surface area contributed by atoms with Crippen molar-refractivity contribution < 1.29 is 0 Å². The Kier molecular flexibility index (Phi) is 3.63. The summed E-state index contributed by atoms with van der Waals surface area (Å²) in [7, 11) is 0. The van der Waals surface area contributed by atoms with Crippen molar-refractivity contribution in [3.63, 3.8) is 0 Å². The molecule has 0 aromatic carbocycles. The molecule has 0 amide bonds. The third-order valence-electron chi connectivity index (χ3n) is 2.33. The summed E-state index contributed by atoms with van der Waals surface area (Å²) < 4.78 is 1.29. The predicted octanol–water partition coefficient (Wildman–Crippen LogP) is 3.37.